The third kappa shape index (κ3) is 4.07. The zero-order valence-corrected chi connectivity index (χ0v) is 13.4. The fraction of sp³-hybridized carbons (Fsp3) is 0.118. The summed E-state index contributed by atoms with van der Waals surface area (Å²) in [5.41, 5.74) is 0.233. The van der Waals surface area contributed by atoms with Crippen molar-refractivity contribution in [3.05, 3.63) is 70.4 Å². The number of benzene rings is 2. The van der Waals surface area contributed by atoms with Gasteiger partial charge in [-0.3, -0.25) is 14.9 Å². The number of nitro groups is 1. The predicted octanol–water partition coefficient (Wildman–Crippen LogP) is 3.36. The number of aromatic nitrogens is 2. The van der Waals surface area contributed by atoms with Crippen molar-refractivity contribution in [2.75, 3.05) is 5.32 Å². The van der Waals surface area contributed by atoms with Crippen molar-refractivity contribution in [3.8, 4) is 11.4 Å². The number of hydrogen-bond acceptors (Lipinski definition) is 6. The SMILES string of the molecule is O=C(CCc1nc(-c2ccccc2)no1)Nc1ccc(F)c([N+](=O)[O-])c1. The van der Waals surface area contributed by atoms with Crippen molar-refractivity contribution in [2.24, 2.45) is 0 Å². The van der Waals surface area contributed by atoms with Crippen molar-refractivity contribution in [3.63, 3.8) is 0 Å². The standard InChI is InChI=1S/C17H13FN4O4/c18-13-7-6-12(10-14(13)22(24)25)19-15(23)8-9-16-20-17(21-26-16)11-4-2-1-3-5-11/h1-7,10H,8-9H2,(H,19,23). The minimum Gasteiger partial charge on any atom is -0.339 e. The topological polar surface area (TPSA) is 111 Å². The van der Waals surface area contributed by atoms with Crippen molar-refractivity contribution < 1.29 is 18.6 Å². The highest BCUT2D eigenvalue weighted by molar-refractivity contribution is 5.91. The molecule has 0 spiro atoms. The summed E-state index contributed by atoms with van der Waals surface area (Å²) < 4.78 is 18.4. The van der Waals surface area contributed by atoms with Crippen LogP contribution >= 0.6 is 0 Å². The summed E-state index contributed by atoms with van der Waals surface area (Å²) in [7, 11) is 0. The van der Waals surface area contributed by atoms with Gasteiger partial charge in [-0.15, -0.1) is 0 Å². The summed E-state index contributed by atoms with van der Waals surface area (Å²) in [5, 5.41) is 17.0. The average molecular weight is 356 g/mol. The molecule has 0 fully saturated rings. The van der Waals surface area contributed by atoms with Crippen molar-refractivity contribution in [2.45, 2.75) is 12.8 Å². The molecular formula is C17H13FN4O4. The molecule has 3 rings (SSSR count). The first-order valence-corrected chi connectivity index (χ1v) is 7.65. The largest absolute Gasteiger partial charge is 0.339 e. The second kappa shape index (κ2) is 7.51. The van der Waals surface area contributed by atoms with E-state index in [1.165, 1.54) is 6.07 Å². The Morgan fingerprint density at radius 2 is 2.00 bits per heavy atom. The van der Waals surface area contributed by atoms with Gasteiger partial charge in [0.25, 0.3) is 0 Å². The van der Waals surface area contributed by atoms with Crippen molar-refractivity contribution >= 4 is 17.3 Å². The van der Waals surface area contributed by atoms with Crippen molar-refractivity contribution in [1.29, 1.82) is 0 Å². The third-order valence-corrected chi connectivity index (χ3v) is 3.49. The Hall–Kier alpha value is -3.62. The Morgan fingerprint density at radius 3 is 2.73 bits per heavy atom. The number of carbonyl (C=O) groups excluding carboxylic acids is 1. The number of anilines is 1. The van der Waals surface area contributed by atoms with Gasteiger partial charge in [-0.2, -0.15) is 9.37 Å². The molecule has 2 aromatic carbocycles. The summed E-state index contributed by atoms with van der Waals surface area (Å²) in [5.74, 6) is -0.656. The number of nitrogens with one attached hydrogen (secondary N) is 1. The average Bonchev–Trinajstić information content (AvgIpc) is 3.11. The third-order valence-electron chi connectivity index (χ3n) is 3.49. The molecular weight excluding hydrogens is 343 g/mol. The smallest absolute Gasteiger partial charge is 0.306 e. The Balaban J connectivity index is 1.59. The molecule has 0 radical (unpaired) electrons. The Morgan fingerprint density at radius 1 is 1.23 bits per heavy atom. The van der Waals surface area contributed by atoms with Gasteiger partial charge in [0.1, 0.15) is 0 Å². The molecule has 3 aromatic rings. The maximum Gasteiger partial charge on any atom is 0.306 e. The molecule has 26 heavy (non-hydrogen) atoms. The molecule has 9 heteroatoms. The van der Waals surface area contributed by atoms with E-state index >= 15 is 0 Å². The lowest BCUT2D eigenvalue weighted by Gasteiger charge is -2.04. The summed E-state index contributed by atoms with van der Waals surface area (Å²) in [6, 6.07) is 12.4. The van der Waals surface area contributed by atoms with Gasteiger partial charge in [0.15, 0.2) is 0 Å². The molecule has 1 N–H and O–H groups in total. The molecule has 0 unspecified atom stereocenters. The lowest BCUT2D eigenvalue weighted by Crippen LogP contribution is -2.12. The number of aryl methyl sites for hydroxylation is 1. The van der Waals surface area contributed by atoms with Crippen LogP contribution < -0.4 is 5.32 Å². The van der Waals surface area contributed by atoms with Crippen LogP contribution in [0.4, 0.5) is 15.8 Å². The second-order valence-electron chi connectivity index (χ2n) is 5.35. The van der Waals surface area contributed by atoms with Gasteiger partial charge in [-0.05, 0) is 12.1 Å². The summed E-state index contributed by atoms with van der Waals surface area (Å²) >= 11 is 0. The van der Waals surface area contributed by atoms with Gasteiger partial charge in [0.05, 0.1) is 4.92 Å². The van der Waals surface area contributed by atoms with E-state index in [1.54, 1.807) is 0 Å². The Kier molecular flexibility index (Phi) is 4.97. The molecule has 1 heterocycles. The maximum absolute atomic E-state index is 13.3. The number of rotatable bonds is 6. The van der Waals surface area contributed by atoms with Crippen LogP contribution in [0.15, 0.2) is 53.1 Å². The number of halogens is 1. The van der Waals surface area contributed by atoms with E-state index in [2.05, 4.69) is 15.5 Å². The fourth-order valence-electron chi connectivity index (χ4n) is 2.24. The van der Waals surface area contributed by atoms with E-state index in [4.69, 9.17) is 4.52 Å². The van der Waals surface area contributed by atoms with Crippen LogP contribution in [0.3, 0.4) is 0 Å². The van der Waals surface area contributed by atoms with Crippen LogP contribution in [0.5, 0.6) is 0 Å². The molecule has 0 aliphatic heterocycles. The van der Waals surface area contributed by atoms with Gasteiger partial charge >= 0.3 is 5.69 Å². The molecule has 0 bridgehead atoms. The summed E-state index contributed by atoms with van der Waals surface area (Å²) in [6.07, 6.45) is 0.233. The van der Waals surface area contributed by atoms with Crippen molar-refractivity contribution in [1.82, 2.24) is 10.1 Å². The van der Waals surface area contributed by atoms with E-state index in [1.807, 2.05) is 30.3 Å². The van der Waals surface area contributed by atoms with E-state index in [0.29, 0.717) is 11.7 Å². The van der Waals surface area contributed by atoms with Crippen LogP contribution in [0.25, 0.3) is 11.4 Å². The number of amides is 1. The monoisotopic (exact) mass is 356 g/mol. The molecule has 1 amide bonds. The van der Waals surface area contributed by atoms with Crippen LogP contribution in [0.2, 0.25) is 0 Å². The molecule has 0 aliphatic carbocycles. The maximum atomic E-state index is 13.3. The second-order valence-corrected chi connectivity index (χ2v) is 5.35. The first kappa shape index (κ1) is 17.2. The number of nitro benzene ring substituents is 1. The first-order valence-electron chi connectivity index (χ1n) is 7.65. The molecule has 0 saturated heterocycles. The van der Waals surface area contributed by atoms with E-state index in [9.17, 15) is 19.3 Å². The van der Waals surface area contributed by atoms with Gasteiger partial charge in [-0.25, -0.2) is 0 Å². The van der Waals surface area contributed by atoms with Crippen LogP contribution in [0.1, 0.15) is 12.3 Å². The van der Waals surface area contributed by atoms with Gasteiger partial charge in [0, 0.05) is 30.2 Å². The highest BCUT2D eigenvalue weighted by atomic mass is 19.1. The van der Waals surface area contributed by atoms with Crippen LogP contribution in [-0.2, 0) is 11.2 Å². The van der Waals surface area contributed by atoms with Crippen LogP contribution in [-0.4, -0.2) is 21.0 Å². The first-order chi connectivity index (χ1) is 12.5. The van der Waals surface area contributed by atoms with Gasteiger partial charge in [-0.1, -0.05) is 35.5 Å². The minimum absolute atomic E-state index is 0.0294. The Labute approximate surface area is 146 Å². The number of nitrogens with zero attached hydrogens (tertiary/aromatic N) is 3. The number of hydrogen-bond donors (Lipinski definition) is 1. The minimum atomic E-state index is -0.965. The summed E-state index contributed by atoms with van der Waals surface area (Å²) in [6.45, 7) is 0. The molecule has 1 aromatic heterocycles. The molecule has 0 atom stereocenters. The molecule has 0 saturated carbocycles. The highest BCUT2D eigenvalue weighted by Gasteiger charge is 2.16. The lowest BCUT2D eigenvalue weighted by atomic mass is 10.2. The number of carbonyl (C=O) groups is 1. The predicted molar refractivity (Wildman–Crippen MR) is 89.7 cm³/mol. The van der Waals surface area contributed by atoms with Gasteiger partial charge < -0.3 is 9.84 Å². The van der Waals surface area contributed by atoms with E-state index < -0.39 is 22.3 Å². The van der Waals surface area contributed by atoms with E-state index in [-0.39, 0.29) is 18.5 Å². The zero-order chi connectivity index (χ0) is 18.5. The fourth-order valence-corrected chi connectivity index (χ4v) is 2.24. The molecule has 8 nitrogen and oxygen atoms in total. The highest BCUT2D eigenvalue weighted by Crippen LogP contribution is 2.22. The van der Waals surface area contributed by atoms with Crippen LogP contribution in [0, 0.1) is 15.9 Å². The lowest BCUT2D eigenvalue weighted by molar-refractivity contribution is -0.387. The summed E-state index contributed by atoms with van der Waals surface area (Å²) in [4.78, 5) is 26.0. The Bertz CT molecular complexity index is 943. The zero-order valence-electron chi connectivity index (χ0n) is 13.4. The molecule has 132 valence electrons. The van der Waals surface area contributed by atoms with Gasteiger partial charge in [0.2, 0.25) is 23.4 Å². The van der Waals surface area contributed by atoms with E-state index in [0.717, 1.165) is 17.7 Å². The quantitative estimate of drug-likeness (QED) is 0.535. The molecule has 0 aliphatic rings. The normalized spacial score (nSPS) is 10.5.